The Hall–Kier alpha value is -6.24. The molecule has 220 valence electrons. The van der Waals surface area contributed by atoms with E-state index in [0.29, 0.717) is 0 Å². The van der Waals surface area contributed by atoms with Gasteiger partial charge in [-0.3, -0.25) is 0 Å². The minimum Gasteiger partial charge on any atom is -0.0622 e. The van der Waals surface area contributed by atoms with Crippen molar-refractivity contribution in [2.45, 2.75) is 0 Å². The molecule has 48 heavy (non-hydrogen) atoms. The van der Waals surface area contributed by atoms with Gasteiger partial charge in [0.25, 0.3) is 0 Å². The zero-order chi connectivity index (χ0) is 31.3. The number of fused-ring (bicyclic) bond motifs is 6. The van der Waals surface area contributed by atoms with E-state index in [2.05, 4.69) is 170 Å². The van der Waals surface area contributed by atoms with E-state index in [0.717, 1.165) is 0 Å². The average molecular weight is 605 g/mol. The molecule has 10 aromatic rings. The molecule has 0 heteroatoms. The maximum Gasteiger partial charge on any atom is -0.000697 e. The molecule has 0 N–H and O–H groups in total. The number of hydrogen-bond acceptors (Lipinski definition) is 0. The van der Waals surface area contributed by atoms with Crippen LogP contribution in [-0.4, -0.2) is 0 Å². The standard InChI is InChI=1S/C48H28/c1-3-13-29(14-4-1)32-19-7-8-20-33(32)34-27-28-41-44-35(34)21-11-22-36(44)37-23-12-26-40-43(31-15-5-2-6-16-31)46-38-24-9-17-30-18-10-25-39(42(30)38)48(46)47(41)45(37)40/h1-28H. The monoisotopic (exact) mass is 604 g/mol. The average Bonchev–Trinajstić information content (AvgIpc) is 3.49. The molecule has 0 saturated heterocycles. The van der Waals surface area contributed by atoms with Gasteiger partial charge in [-0.25, -0.2) is 0 Å². The van der Waals surface area contributed by atoms with Crippen molar-refractivity contribution in [1.82, 2.24) is 0 Å². The Bertz CT molecular complexity index is 2910. The van der Waals surface area contributed by atoms with E-state index in [4.69, 9.17) is 0 Å². The zero-order valence-electron chi connectivity index (χ0n) is 26.2. The van der Waals surface area contributed by atoms with Crippen molar-refractivity contribution in [3.63, 3.8) is 0 Å². The first-order valence-electron chi connectivity index (χ1n) is 16.8. The van der Waals surface area contributed by atoms with Crippen molar-refractivity contribution in [3.05, 3.63) is 170 Å². The van der Waals surface area contributed by atoms with Crippen molar-refractivity contribution >= 4 is 53.9 Å². The van der Waals surface area contributed by atoms with Crippen LogP contribution >= 0.6 is 0 Å². The number of hydrogen-bond donors (Lipinski definition) is 0. The molecule has 1 aliphatic rings. The predicted molar refractivity (Wildman–Crippen MR) is 206 cm³/mol. The highest BCUT2D eigenvalue weighted by molar-refractivity contribution is 6.41. The Labute approximate surface area is 278 Å². The van der Waals surface area contributed by atoms with Gasteiger partial charge in [0, 0.05) is 0 Å². The molecule has 0 atom stereocenters. The van der Waals surface area contributed by atoms with Gasteiger partial charge in [0.2, 0.25) is 0 Å². The van der Waals surface area contributed by atoms with E-state index in [9.17, 15) is 0 Å². The van der Waals surface area contributed by atoms with E-state index in [1.807, 2.05) is 0 Å². The minimum atomic E-state index is 1.24. The molecule has 0 fully saturated rings. The first kappa shape index (κ1) is 25.9. The second-order valence-corrected chi connectivity index (χ2v) is 13.1. The quantitative estimate of drug-likeness (QED) is 0.139. The third-order valence-electron chi connectivity index (χ3n) is 10.7. The molecule has 0 saturated carbocycles. The van der Waals surface area contributed by atoms with Crippen LogP contribution in [0.25, 0.3) is 109 Å². The van der Waals surface area contributed by atoms with E-state index >= 15 is 0 Å². The topological polar surface area (TPSA) is 0 Å². The minimum absolute atomic E-state index is 1.24. The summed E-state index contributed by atoms with van der Waals surface area (Å²) in [5.41, 5.74) is 13.0. The zero-order valence-corrected chi connectivity index (χ0v) is 26.2. The summed E-state index contributed by atoms with van der Waals surface area (Å²) in [6.07, 6.45) is 0. The smallest absolute Gasteiger partial charge is 0.000697 e. The molecule has 0 bridgehead atoms. The molecule has 0 spiro atoms. The molecule has 0 aromatic heterocycles. The lowest BCUT2D eigenvalue weighted by atomic mass is 9.80. The van der Waals surface area contributed by atoms with Crippen molar-refractivity contribution < 1.29 is 0 Å². The van der Waals surface area contributed by atoms with Gasteiger partial charge >= 0.3 is 0 Å². The summed E-state index contributed by atoms with van der Waals surface area (Å²) < 4.78 is 0. The van der Waals surface area contributed by atoms with Crippen LogP contribution in [0.15, 0.2) is 170 Å². The maximum absolute atomic E-state index is 2.42. The van der Waals surface area contributed by atoms with Gasteiger partial charge in [0.1, 0.15) is 0 Å². The largest absolute Gasteiger partial charge is 0.0622 e. The molecule has 0 heterocycles. The van der Waals surface area contributed by atoms with Gasteiger partial charge in [-0.1, -0.05) is 170 Å². The lowest BCUT2D eigenvalue weighted by Gasteiger charge is -2.23. The molecule has 0 unspecified atom stereocenters. The Balaban J connectivity index is 1.36. The van der Waals surface area contributed by atoms with E-state index in [-0.39, 0.29) is 0 Å². The normalized spacial score (nSPS) is 12.2. The third kappa shape index (κ3) is 3.34. The van der Waals surface area contributed by atoms with Crippen LogP contribution in [-0.2, 0) is 0 Å². The van der Waals surface area contributed by atoms with Gasteiger partial charge in [-0.15, -0.1) is 0 Å². The molecule has 10 aromatic carbocycles. The Kier molecular flexibility index (Phi) is 5.20. The van der Waals surface area contributed by atoms with Gasteiger partial charge in [-0.05, 0) is 109 Å². The van der Waals surface area contributed by atoms with Crippen LogP contribution in [0.3, 0.4) is 0 Å². The van der Waals surface area contributed by atoms with Crippen molar-refractivity contribution in [3.8, 4) is 55.6 Å². The maximum atomic E-state index is 2.42. The summed E-state index contributed by atoms with van der Waals surface area (Å²) >= 11 is 0. The van der Waals surface area contributed by atoms with Crippen LogP contribution in [0.1, 0.15) is 0 Å². The Morgan fingerprint density at radius 2 is 0.771 bits per heavy atom. The predicted octanol–water partition coefficient (Wildman–Crippen LogP) is 13.5. The fourth-order valence-electron chi connectivity index (χ4n) is 8.90. The van der Waals surface area contributed by atoms with E-state index in [1.54, 1.807) is 0 Å². The number of rotatable bonds is 3. The highest BCUT2D eigenvalue weighted by Gasteiger charge is 2.30. The van der Waals surface area contributed by atoms with Crippen molar-refractivity contribution in [2.75, 3.05) is 0 Å². The molecular formula is C48H28. The molecule has 0 nitrogen and oxygen atoms in total. The Morgan fingerprint density at radius 1 is 0.208 bits per heavy atom. The molecule has 1 aliphatic carbocycles. The summed E-state index contributed by atoms with van der Waals surface area (Å²) in [4.78, 5) is 0. The second kappa shape index (κ2) is 9.64. The van der Waals surface area contributed by atoms with Gasteiger partial charge in [-0.2, -0.15) is 0 Å². The van der Waals surface area contributed by atoms with Crippen molar-refractivity contribution in [2.24, 2.45) is 0 Å². The summed E-state index contributed by atoms with van der Waals surface area (Å²) in [5.74, 6) is 0. The molecular weight excluding hydrogens is 577 g/mol. The van der Waals surface area contributed by atoms with Gasteiger partial charge in [0.15, 0.2) is 0 Å². The highest BCUT2D eigenvalue weighted by atomic mass is 14.3. The fraction of sp³-hybridized carbons (Fsp3) is 0. The lowest BCUT2D eigenvalue weighted by Crippen LogP contribution is -1.95. The first-order valence-corrected chi connectivity index (χ1v) is 16.8. The van der Waals surface area contributed by atoms with Crippen LogP contribution in [0, 0.1) is 0 Å². The summed E-state index contributed by atoms with van der Waals surface area (Å²) in [7, 11) is 0. The molecule has 0 aliphatic heterocycles. The second-order valence-electron chi connectivity index (χ2n) is 13.1. The van der Waals surface area contributed by atoms with Crippen LogP contribution < -0.4 is 0 Å². The van der Waals surface area contributed by atoms with Gasteiger partial charge < -0.3 is 0 Å². The lowest BCUT2D eigenvalue weighted by molar-refractivity contribution is 1.60. The van der Waals surface area contributed by atoms with Crippen molar-refractivity contribution in [1.29, 1.82) is 0 Å². The van der Waals surface area contributed by atoms with Crippen LogP contribution in [0.5, 0.6) is 0 Å². The van der Waals surface area contributed by atoms with E-state index < -0.39 is 0 Å². The van der Waals surface area contributed by atoms with Gasteiger partial charge in [0.05, 0.1) is 0 Å². The fourth-order valence-corrected chi connectivity index (χ4v) is 8.90. The summed E-state index contributed by atoms with van der Waals surface area (Å²) in [5, 5.41) is 13.3. The molecule has 11 rings (SSSR count). The third-order valence-corrected chi connectivity index (χ3v) is 10.7. The SMILES string of the molecule is c1ccc(-c2ccccc2-c2ccc3c4c5c(c(-c6ccccc6)c6cccc(c7cccc2c73)c64)-c2cccc3cccc-5c23)cc1. The van der Waals surface area contributed by atoms with Crippen LogP contribution in [0.4, 0.5) is 0 Å². The Morgan fingerprint density at radius 3 is 1.52 bits per heavy atom. The van der Waals surface area contributed by atoms with E-state index in [1.165, 1.54) is 109 Å². The summed E-state index contributed by atoms with van der Waals surface area (Å²) in [6, 6.07) is 63.0. The molecule has 0 amide bonds. The first-order chi connectivity index (χ1) is 23.9. The number of benzene rings is 10. The summed E-state index contributed by atoms with van der Waals surface area (Å²) in [6.45, 7) is 0. The highest BCUT2D eigenvalue weighted by Crippen LogP contribution is 2.58. The van der Waals surface area contributed by atoms with Crippen LogP contribution in [0.2, 0.25) is 0 Å². The molecule has 0 radical (unpaired) electrons.